The second-order valence-electron chi connectivity index (χ2n) is 8.05. The molecule has 1 aliphatic heterocycles. The van der Waals surface area contributed by atoms with E-state index < -0.39 is 0 Å². The molecule has 1 fully saturated rings. The number of nitrogens with zero attached hydrogens (tertiary/aromatic N) is 2. The standard InChI is InChI=1S/C26H28F2N2O.ClH/c27-23-10-6-20(7-11-23)22-18-25(21-8-12-24(28)13-9-21)29-26(19-22)31-17-5-4-16-30-14-2-1-3-15-30;/h6-13,18-19H,1-5,14-17H2;1H. The van der Waals surface area contributed by atoms with Crippen molar-refractivity contribution in [1.29, 1.82) is 0 Å². The monoisotopic (exact) mass is 458 g/mol. The molecule has 2 aromatic carbocycles. The first kappa shape index (κ1) is 24.1. The summed E-state index contributed by atoms with van der Waals surface area (Å²) in [7, 11) is 0. The highest BCUT2D eigenvalue weighted by Gasteiger charge is 2.11. The maximum Gasteiger partial charge on any atom is 0.214 e. The number of hydrogen-bond acceptors (Lipinski definition) is 3. The number of hydrogen-bond donors (Lipinski definition) is 0. The lowest BCUT2D eigenvalue weighted by Gasteiger charge is -2.26. The Hall–Kier alpha value is -2.50. The molecule has 0 aliphatic carbocycles. The normalized spacial score (nSPS) is 14.1. The fraction of sp³-hybridized carbons (Fsp3) is 0.346. The van der Waals surface area contributed by atoms with Crippen molar-refractivity contribution in [3.8, 4) is 28.3 Å². The lowest BCUT2D eigenvalue weighted by molar-refractivity contribution is 0.215. The Bertz CT molecular complexity index is 910. The van der Waals surface area contributed by atoms with Crippen LogP contribution in [0.4, 0.5) is 8.78 Å². The largest absolute Gasteiger partial charge is 0.478 e. The van der Waals surface area contributed by atoms with Gasteiger partial charge in [-0.1, -0.05) is 18.6 Å². The summed E-state index contributed by atoms with van der Waals surface area (Å²) in [5, 5.41) is 0. The number of halogens is 3. The molecule has 2 heterocycles. The topological polar surface area (TPSA) is 25.4 Å². The van der Waals surface area contributed by atoms with Gasteiger partial charge in [0.15, 0.2) is 0 Å². The number of piperidine rings is 1. The number of aromatic nitrogens is 1. The summed E-state index contributed by atoms with van der Waals surface area (Å²) in [4.78, 5) is 7.17. The third-order valence-electron chi connectivity index (χ3n) is 5.69. The average Bonchev–Trinajstić information content (AvgIpc) is 2.80. The molecule has 0 atom stereocenters. The molecule has 6 heteroatoms. The minimum absolute atomic E-state index is 0. The highest BCUT2D eigenvalue weighted by Crippen LogP contribution is 2.29. The van der Waals surface area contributed by atoms with Crippen molar-refractivity contribution in [2.45, 2.75) is 32.1 Å². The van der Waals surface area contributed by atoms with Crippen LogP contribution in [0.3, 0.4) is 0 Å². The predicted molar refractivity (Wildman–Crippen MR) is 127 cm³/mol. The molecule has 4 rings (SSSR count). The van der Waals surface area contributed by atoms with Crippen LogP contribution in [0.2, 0.25) is 0 Å². The summed E-state index contributed by atoms with van der Waals surface area (Å²) in [5.41, 5.74) is 3.27. The van der Waals surface area contributed by atoms with Crippen LogP contribution in [0.25, 0.3) is 22.4 Å². The highest BCUT2D eigenvalue weighted by molar-refractivity contribution is 5.85. The van der Waals surface area contributed by atoms with Gasteiger partial charge in [0.1, 0.15) is 11.6 Å². The summed E-state index contributed by atoms with van der Waals surface area (Å²) in [6.45, 7) is 4.14. The first-order valence-corrected chi connectivity index (χ1v) is 11.1. The van der Waals surface area contributed by atoms with E-state index >= 15 is 0 Å². The van der Waals surface area contributed by atoms with Crippen molar-refractivity contribution in [3.05, 3.63) is 72.3 Å². The van der Waals surface area contributed by atoms with Gasteiger partial charge in [-0.2, -0.15) is 0 Å². The zero-order valence-corrected chi connectivity index (χ0v) is 18.9. The van der Waals surface area contributed by atoms with E-state index in [1.807, 2.05) is 12.1 Å². The summed E-state index contributed by atoms with van der Waals surface area (Å²) in [6, 6.07) is 16.4. The highest BCUT2D eigenvalue weighted by atomic mass is 35.5. The maximum absolute atomic E-state index is 13.4. The zero-order chi connectivity index (χ0) is 21.5. The third-order valence-corrected chi connectivity index (χ3v) is 5.69. The Balaban J connectivity index is 0.00000289. The van der Waals surface area contributed by atoms with E-state index in [9.17, 15) is 8.78 Å². The second-order valence-corrected chi connectivity index (χ2v) is 8.05. The summed E-state index contributed by atoms with van der Waals surface area (Å²) in [6.07, 6.45) is 6.03. The first-order valence-electron chi connectivity index (χ1n) is 11.1. The van der Waals surface area contributed by atoms with Crippen LogP contribution in [0.15, 0.2) is 60.7 Å². The SMILES string of the molecule is Cl.Fc1ccc(-c2cc(OCCCCN3CCCCC3)nc(-c3ccc(F)cc3)c2)cc1. The summed E-state index contributed by atoms with van der Waals surface area (Å²) < 4.78 is 32.7. The van der Waals surface area contributed by atoms with Crippen molar-refractivity contribution >= 4 is 12.4 Å². The Morgan fingerprint density at radius 2 is 1.38 bits per heavy atom. The van der Waals surface area contributed by atoms with Gasteiger partial charge >= 0.3 is 0 Å². The molecule has 32 heavy (non-hydrogen) atoms. The van der Waals surface area contributed by atoms with Gasteiger partial charge in [0.25, 0.3) is 0 Å². The number of ether oxygens (including phenoxy) is 1. The molecule has 0 N–H and O–H groups in total. The van der Waals surface area contributed by atoms with Crippen molar-refractivity contribution in [2.24, 2.45) is 0 Å². The number of unbranched alkanes of at least 4 members (excludes halogenated alkanes) is 1. The molecule has 1 aliphatic rings. The lowest BCUT2D eigenvalue weighted by Crippen LogP contribution is -2.30. The molecule has 0 radical (unpaired) electrons. The Morgan fingerprint density at radius 1 is 0.750 bits per heavy atom. The number of rotatable bonds is 8. The fourth-order valence-electron chi connectivity index (χ4n) is 3.95. The molecule has 0 spiro atoms. The number of likely N-dealkylation sites (tertiary alicyclic amines) is 1. The van der Waals surface area contributed by atoms with Gasteiger partial charge in [-0.15, -0.1) is 12.4 Å². The lowest BCUT2D eigenvalue weighted by atomic mass is 10.0. The Labute approximate surface area is 194 Å². The van der Waals surface area contributed by atoms with Crippen molar-refractivity contribution in [3.63, 3.8) is 0 Å². The van der Waals surface area contributed by atoms with Crippen molar-refractivity contribution < 1.29 is 13.5 Å². The molecule has 0 unspecified atom stereocenters. The fourth-order valence-corrected chi connectivity index (χ4v) is 3.95. The van der Waals surface area contributed by atoms with E-state index in [2.05, 4.69) is 9.88 Å². The number of benzene rings is 2. The third kappa shape index (κ3) is 6.75. The molecule has 0 bridgehead atoms. The van der Waals surface area contributed by atoms with Crippen molar-refractivity contribution in [2.75, 3.05) is 26.2 Å². The van der Waals surface area contributed by atoms with Crippen LogP contribution in [-0.4, -0.2) is 36.1 Å². The predicted octanol–water partition coefficient (Wildman–Crippen LogP) is 6.76. The summed E-state index contributed by atoms with van der Waals surface area (Å²) >= 11 is 0. The molecule has 1 aromatic heterocycles. The smallest absolute Gasteiger partial charge is 0.214 e. The van der Waals surface area contributed by atoms with Gasteiger partial charge in [-0.05, 0) is 98.9 Å². The van der Waals surface area contributed by atoms with Crippen LogP contribution in [0, 0.1) is 11.6 Å². The second kappa shape index (κ2) is 11.9. The van der Waals surface area contributed by atoms with E-state index in [1.54, 1.807) is 24.3 Å². The van der Waals surface area contributed by atoms with Gasteiger partial charge in [0, 0.05) is 11.6 Å². The van der Waals surface area contributed by atoms with Gasteiger partial charge in [-0.3, -0.25) is 0 Å². The molecule has 0 saturated carbocycles. The Morgan fingerprint density at radius 3 is 2.03 bits per heavy atom. The average molecular weight is 459 g/mol. The van der Waals surface area contributed by atoms with E-state index in [1.165, 1.54) is 56.6 Å². The molecule has 3 nitrogen and oxygen atoms in total. The van der Waals surface area contributed by atoms with Gasteiger partial charge in [-0.25, -0.2) is 13.8 Å². The van der Waals surface area contributed by atoms with E-state index in [0.29, 0.717) is 18.2 Å². The van der Waals surface area contributed by atoms with Crippen LogP contribution in [-0.2, 0) is 0 Å². The van der Waals surface area contributed by atoms with Crippen molar-refractivity contribution in [1.82, 2.24) is 9.88 Å². The van der Waals surface area contributed by atoms with Crippen LogP contribution < -0.4 is 4.74 Å². The molecule has 1 saturated heterocycles. The molecular formula is C26H29ClF2N2O. The van der Waals surface area contributed by atoms with Crippen LogP contribution >= 0.6 is 12.4 Å². The van der Waals surface area contributed by atoms with Crippen LogP contribution in [0.5, 0.6) is 5.88 Å². The number of pyridine rings is 1. The molecular weight excluding hydrogens is 430 g/mol. The van der Waals surface area contributed by atoms with E-state index in [0.717, 1.165) is 36.1 Å². The summed E-state index contributed by atoms with van der Waals surface area (Å²) in [5.74, 6) is -0.0375. The quantitative estimate of drug-likeness (QED) is 0.349. The zero-order valence-electron chi connectivity index (χ0n) is 18.1. The maximum atomic E-state index is 13.4. The Kier molecular flexibility index (Phi) is 9.00. The van der Waals surface area contributed by atoms with Gasteiger partial charge in [0.05, 0.1) is 12.3 Å². The van der Waals surface area contributed by atoms with Crippen LogP contribution in [0.1, 0.15) is 32.1 Å². The van der Waals surface area contributed by atoms with Gasteiger partial charge < -0.3 is 9.64 Å². The van der Waals surface area contributed by atoms with E-state index in [-0.39, 0.29) is 24.0 Å². The van der Waals surface area contributed by atoms with E-state index in [4.69, 9.17) is 4.74 Å². The van der Waals surface area contributed by atoms with Gasteiger partial charge in [0.2, 0.25) is 5.88 Å². The molecule has 0 amide bonds. The minimum atomic E-state index is -0.288. The molecule has 3 aromatic rings. The molecule has 170 valence electrons. The minimum Gasteiger partial charge on any atom is -0.478 e. The first-order chi connectivity index (χ1) is 15.2.